The van der Waals surface area contributed by atoms with Gasteiger partial charge in [0.05, 0.1) is 11.4 Å². The topological polar surface area (TPSA) is 15.6 Å². The summed E-state index contributed by atoms with van der Waals surface area (Å²) >= 11 is 0. The van der Waals surface area contributed by atoms with E-state index in [1.165, 1.54) is 18.7 Å². The zero-order valence-corrected chi connectivity index (χ0v) is 10.7. The Hall–Kier alpha value is -0.530. The van der Waals surface area contributed by atoms with Crippen molar-refractivity contribution in [3.05, 3.63) is 0 Å². The number of aliphatic imine (C=N–C) groups is 1. The number of unbranched alkanes of at least 4 members (excludes halogenated alkanes) is 1. The Morgan fingerprint density at radius 3 is 2.14 bits per heavy atom. The van der Waals surface area contributed by atoms with E-state index in [0.29, 0.717) is 0 Å². The molecule has 0 saturated carbocycles. The highest BCUT2D eigenvalue weighted by Gasteiger charge is 2.10. The van der Waals surface area contributed by atoms with Gasteiger partial charge in [0.2, 0.25) is 0 Å². The summed E-state index contributed by atoms with van der Waals surface area (Å²) in [6, 6.07) is 0. The van der Waals surface area contributed by atoms with Crippen molar-refractivity contribution in [3.63, 3.8) is 0 Å². The molecule has 0 aliphatic heterocycles. The highest BCUT2D eigenvalue weighted by Crippen LogP contribution is 2.08. The molecule has 0 spiro atoms. The fraction of sp³-hybridized carbons (Fsp3) is 0.917. The molecule has 0 aromatic rings. The van der Waals surface area contributed by atoms with Gasteiger partial charge in [-0.3, -0.25) is 4.99 Å². The van der Waals surface area contributed by atoms with Crippen LogP contribution in [0.2, 0.25) is 0 Å². The van der Waals surface area contributed by atoms with Crippen molar-refractivity contribution >= 4 is 5.84 Å². The lowest BCUT2D eigenvalue weighted by molar-refractivity contribution is 0.416. The van der Waals surface area contributed by atoms with Gasteiger partial charge < -0.3 is 4.90 Å². The smallest absolute Gasteiger partial charge is 0.0963 e. The van der Waals surface area contributed by atoms with Crippen LogP contribution < -0.4 is 0 Å². The van der Waals surface area contributed by atoms with Gasteiger partial charge in [-0.1, -0.05) is 13.3 Å². The average molecular weight is 198 g/mol. The van der Waals surface area contributed by atoms with Crippen molar-refractivity contribution in [2.45, 2.75) is 59.9 Å². The predicted octanol–water partition coefficient (Wildman–Crippen LogP) is 3.33. The molecule has 84 valence electrons. The van der Waals surface area contributed by atoms with E-state index in [0.717, 1.165) is 13.1 Å². The van der Waals surface area contributed by atoms with Crippen molar-refractivity contribution in [2.75, 3.05) is 13.1 Å². The largest absolute Gasteiger partial charge is 0.361 e. The lowest BCUT2D eigenvalue weighted by Crippen LogP contribution is -2.31. The Labute approximate surface area is 89.4 Å². The monoisotopic (exact) mass is 198 g/mol. The van der Waals surface area contributed by atoms with E-state index in [-0.39, 0.29) is 5.54 Å². The van der Waals surface area contributed by atoms with Gasteiger partial charge in [-0.15, -0.1) is 0 Å². The summed E-state index contributed by atoms with van der Waals surface area (Å²) in [5, 5.41) is 0. The summed E-state index contributed by atoms with van der Waals surface area (Å²) in [7, 11) is 0. The molecule has 0 unspecified atom stereocenters. The van der Waals surface area contributed by atoms with Crippen molar-refractivity contribution < 1.29 is 0 Å². The van der Waals surface area contributed by atoms with Crippen LogP contribution >= 0.6 is 0 Å². The molecule has 0 fully saturated rings. The summed E-state index contributed by atoms with van der Waals surface area (Å²) in [5.41, 5.74) is 0.0454. The molecule has 0 heterocycles. The van der Waals surface area contributed by atoms with Crippen LogP contribution in [-0.4, -0.2) is 29.4 Å². The van der Waals surface area contributed by atoms with Crippen LogP contribution in [0, 0.1) is 0 Å². The zero-order valence-electron chi connectivity index (χ0n) is 10.7. The van der Waals surface area contributed by atoms with E-state index in [1.54, 1.807) is 0 Å². The molecule has 2 nitrogen and oxygen atoms in total. The molecule has 14 heavy (non-hydrogen) atoms. The molecular weight excluding hydrogens is 172 g/mol. The second kappa shape index (κ2) is 6.05. The third kappa shape index (κ3) is 6.01. The van der Waals surface area contributed by atoms with Crippen LogP contribution in [0.25, 0.3) is 0 Å². The Morgan fingerprint density at radius 1 is 1.21 bits per heavy atom. The Kier molecular flexibility index (Phi) is 5.82. The number of amidine groups is 1. The van der Waals surface area contributed by atoms with Crippen molar-refractivity contribution in [1.29, 1.82) is 0 Å². The van der Waals surface area contributed by atoms with Gasteiger partial charge >= 0.3 is 0 Å². The second-order valence-corrected chi connectivity index (χ2v) is 4.76. The summed E-state index contributed by atoms with van der Waals surface area (Å²) in [4.78, 5) is 7.03. The fourth-order valence-corrected chi connectivity index (χ4v) is 1.45. The Balaban J connectivity index is 4.30. The number of hydrogen-bond donors (Lipinski definition) is 0. The molecule has 0 N–H and O–H groups in total. The van der Waals surface area contributed by atoms with E-state index in [9.17, 15) is 0 Å². The van der Waals surface area contributed by atoms with Crippen LogP contribution in [0.1, 0.15) is 54.4 Å². The van der Waals surface area contributed by atoms with Gasteiger partial charge in [0.1, 0.15) is 0 Å². The molecular formula is C12H26N2. The number of hydrogen-bond acceptors (Lipinski definition) is 1. The lowest BCUT2D eigenvalue weighted by atomic mass is 10.1. The number of nitrogens with zero attached hydrogens (tertiary/aromatic N) is 2. The minimum absolute atomic E-state index is 0.0454. The molecule has 0 aliphatic rings. The van der Waals surface area contributed by atoms with Gasteiger partial charge in [0, 0.05) is 13.1 Å². The minimum Gasteiger partial charge on any atom is -0.361 e. The van der Waals surface area contributed by atoms with Crippen molar-refractivity contribution in [3.8, 4) is 0 Å². The van der Waals surface area contributed by atoms with E-state index in [4.69, 9.17) is 0 Å². The molecule has 0 saturated heterocycles. The first-order chi connectivity index (χ1) is 6.40. The maximum atomic E-state index is 4.68. The fourth-order valence-electron chi connectivity index (χ4n) is 1.45. The van der Waals surface area contributed by atoms with Crippen LogP contribution in [0.3, 0.4) is 0 Å². The molecule has 0 aliphatic carbocycles. The highest BCUT2D eigenvalue weighted by atomic mass is 15.2. The molecule has 0 radical (unpaired) electrons. The molecule has 0 rings (SSSR count). The van der Waals surface area contributed by atoms with E-state index in [2.05, 4.69) is 51.4 Å². The molecule has 0 atom stereocenters. The van der Waals surface area contributed by atoms with Crippen LogP contribution in [-0.2, 0) is 0 Å². The molecule has 2 heteroatoms. The Morgan fingerprint density at radius 2 is 1.79 bits per heavy atom. The summed E-state index contributed by atoms with van der Waals surface area (Å²) in [5.74, 6) is 1.17. The van der Waals surface area contributed by atoms with Gasteiger partial charge in [-0.2, -0.15) is 0 Å². The maximum Gasteiger partial charge on any atom is 0.0963 e. The lowest BCUT2D eigenvalue weighted by Gasteiger charge is -2.25. The predicted molar refractivity (Wildman–Crippen MR) is 65.0 cm³/mol. The standard InChI is InChI=1S/C12H26N2/c1-7-9-10-14(8-2)11(3)13-12(4,5)6/h7-10H2,1-6H3. The van der Waals surface area contributed by atoms with E-state index >= 15 is 0 Å². The van der Waals surface area contributed by atoms with Gasteiger partial charge in [0.25, 0.3) is 0 Å². The van der Waals surface area contributed by atoms with Gasteiger partial charge in [-0.05, 0) is 41.0 Å². The normalized spacial score (nSPS) is 13.1. The SMILES string of the molecule is CCCCN(CC)C(C)=NC(C)(C)C. The summed E-state index contributed by atoms with van der Waals surface area (Å²) in [6.07, 6.45) is 2.50. The van der Waals surface area contributed by atoms with Crippen molar-refractivity contribution in [1.82, 2.24) is 4.90 Å². The van der Waals surface area contributed by atoms with E-state index < -0.39 is 0 Å². The Bertz CT molecular complexity index is 177. The molecule has 0 aromatic carbocycles. The molecule has 0 aromatic heterocycles. The first-order valence-electron chi connectivity index (χ1n) is 5.72. The first kappa shape index (κ1) is 13.5. The average Bonchev–Trinajstić information content (AvgIpc) is 2.02. The molecule has 0 amide bonds. The van der Waals surface area contributed by atoms with Gasteiger partial charge in [0.15, 0.2) is 0 Å². The third-order valence-corrected chi connectivity index (χ3v) is 2.12. The first-order valence-corrected chi connectivity index (χ1v) is 5.72. The third-order valence-electron chi connectivity index (χ3n) is 2.12. The van der Waals surface area contributed by atoms with Crippen LogP contribution in [0.4, 0.5) is 0 Å². The minimum atomic E-state index is 0.0454. The second-order valence-electron chi connectivity index (χ2n) is 4.76. The molecule has 0 bridgehead atoms. The van der Waals surface area contributed by atoms with Crippen LogP contribution in [0.15, 0.2) is 4.99 Å². The van der Waals surface area contributed by atoms with Crippen molar-refractivity contribution in [2.24, 2.45) is 4.99 Å². The quantitative estimate of drug-likeness (QED) is 0.500. The zero-order chi connectivity index (χ0) is 11.2. The van der Waals surface area contributed by atoms with Gasteiger partial charge in [-0.25, -0.2) is 0 Å². The number of rotatable bonds is 4. The highest BCUT2D eigenvalue weighted by molar-refractivity contribution is 5.80. The van der Waals surface area contributed by atoms with E-state index in [1.807, 2.05) is 0 Å². The maximum absolute atomic E-state index is 4.68. The summed E-state index contributed by atoms with van der Waals surface area (Å²) in [6.45, 7) is 15.2. The van der Waals surface area contributed by atoms with Crippen LogP contribution in [0.5, 0.6) is 0 Å². The summed E-state index contributed by atoms with van der Waals surface area (Å²) < 4.78 is 0.